The monoisotopic (exact) mass is 421 g/mol. The SMILES string of the molecule is COc1cccc(-n2c(=O)[nH]c3c(C(N)=O)nc(-c4ccc(OC)c(OC)c4)nc32)c1. The van der Waals surface area contributed by atoms with Crippen LogP contribution in [0.5, 0.6) is 17.2 Å². The molecule has 2 aromatic carbocycles. The Balaban J connectivity index is 2.01. The van der Waals surface area contributed by atoms with Crippen LogP contribution in [-0.4, -0.2) is 46.8 Å². The number of amides is 1. The number of nitrogens with two attached hydrogens (primary N) is 1. The highest BCUT2D eigenvalue weighted by molar-refractivity contribution is 6.02. The number of aromatic nitrogens is 4. The molecular weight excluding hydrogens is 402 g/mol. The lowest BCUT2D eigenvalue weighted by Gasteiger charge is -2.10. The highest BCUT2D eigenvalue weighted by atomic mass is 16.5. The summed E-state index contributed by atoms with van der Waals surface area (Å²) in [5, 5.41) is 0. The number of methoxy groups -OCH3 is 3. The van der Waals surface area contributed by atoms with Crippen molar-refractivity contribution in [1.29, 1.82) is 0 Å². The number of carbonyl (C=O) groups excluding carboxylic acids is 1. The predicted octanol–water partition coefficient (Wildman–Crippen LogP) is 1.90. The number of hydrogen-bond acceptors (Lipinski definition) is 7. The van der Waals surface area contributed by atoms with E-state index in [4.69, 9.17) is 19.9 Å². The number of ether oxygens (including phenoxy) is 3. The summed E-state index contributed by atoms with van der Waals surface area (Å²) in [7, 11) is 4.56. The number of aromatic amines is 1. The molecule has 0 saturated heterocycles. The lowest BCUT2D eigenvalue weighted by Crippen LogP contribution is -2.15. The molecular formula is C21H19N5O5. The van der Waals surface area contributed by atoms with E-state index in [1.165, 1.54) is 25.9 Å². The Morgan fingerprint density at radius 3 is 2.45 bits per heavy atom. The summed E-state index contributed by atoms with van der Waals surface area (Å²) in [5.41, 5.74) is 6.34. The number of H-pyrrole nitrogens is 1. The Morgan fingerprint density at radius 2 is 1.77 bits per heavy atom. The van der Waals surface area contributed by atoms with E-state index in [1.54, 1.807) is 42.5 Å². The summed E-state index contributed by atoms with van der Waals surface area (Å²) < 4.78 is 17.2. The van der Waals surface area contributed by atoms with Crippen LogP contribution in [0.15, 0.2) is 47.3 Å². The second-order valence-corrected chi connectivity index (χ2v) is 6.50. The summed E-state index contributed by atoms with van der Waals surface area (Å²) in [6.07, 6.45) is 0. The van der Waals surface area contributed by atoms with Gasteiger partial charge in [-0.1, -0.05) is 6.07 Å². The normalized spacial score (nSPS) is 10.8. The predicted molar refractivity (Wildman–Crippen MR) is 113 cm³/mol. The third-order valence-corrected chi connectivity index (χ3v) is 4.72. The van der Waals surface area contributed by atoms with Gasteiger partial charge in [-0.25, -0.2) is 19.3 Å². The largest absolute Gasteiger partial charge is 0.497 e. The van der Waals surface area contributed by atoms with Gasteiger partial charge in [0.15, 0.2) is 28.7 Å². The van der Waals surface area contributed by atoms with Crippen LogP contribution in [0.1, 0.15) is 10.5 Å². The maximum Gasteiger partial charge on any atom is 0.332 e. The number of primary amides is 1. The Bertz CT molecular complexity index is 1360. The molecule has 0 saturated carbocycles. The minimum absolute atomic E-state index is 0.103. The quantitative estimate of drug-likeness (QED) is 0.485. The summed E-state index contributed by atoms with van der Waals surface area (Å²) in [4.78, 5) is 36.3. The number of rotatable bonds is 6. The standard InChI is InChI=1S/C21H19N5O5/c1-29-13-6-4-5-12(10-13)26-20-17(24-21(26)28)16(18(22)27)23-19(25-20)11-7-8-14(30-2)15(9-11)31-3/h4-10H,1-3H3,(H2,22,27)(H,24,28). The van der Waals surface area contributed by atoms with Crippen LogP contribution >= 0.6 is 0 Å². The van der Waals surface area contributed by atoms with E-state index in [2.05, 4.69) is 15.0 Å². The fourth-order valence-corrected chi connectivity index (χ4v) is 3.26. The van der Waals surface area contributed by atoms with Crippen LogP contribution in [0.2, 0.25) is 0 Å². The van der Waals surface area contributed by atoms with Gasteiger partial charge >= 0.3 is 5.69 Å². The molecule has 0 spiro atoms. The molecule has 2 aromatic heterocycles. The van der Waals surface area contributed by atoms with Crippen molar-refractivity contribution in [3.8, 4) is 34.3 Å². The Hall–Kier alpha value is -4.34. The average molecular weight is 421 g/mol. The zero-order chi connectivity index (χ0) is 22.1. The molecule has 4 rings (SSSR count). The first-order chi connectivity index (χ1) is 15.0. The summed E-state index contributed by atoms with van der Waals surface area (Å²) >= 11 is 0. The fourth-order valence-electron chi connectivity index (χ4n) is 3.26. The van der Waals surface area contributed by atoms with E-state index < -0.39 is 11.6 Å². The van der Waals surface area contributed by atoms with Crippen LogP contribution in [0, 0.1) is 0 Å². The first-order valence-corrected chi connectivity index (χ1v) is 9.16. The number of nitrogens with zero attached hydrogens (tertiary/aromatic N) is 3. The highest BCUT2D eigenvalue weighted by Crippen LogP contribution is 2.32. The van der Waals surface area contributed by atoms with Crippen LogP contribution in [0.4, 0.5) is 0 Å². The molecule has 0 bridgehead atoms. The van der Waals surface area contributed by atoms with Crippen LogP contribution in [0.25, 0.3) is 28.2 Å². The lowest BCUT2D eigenvalue weighted by atomic mass is 10.1. The first-order valence-electron chi connectivity index (χ1n) is 9.16. The molecule has 158 valence electrons. The molecule has 10 nitrogen and oxygen atoms in total. The third kappa shape index (κ3) is 3.44. The number of nitrogens with one attached hydrogen (secondary N) is 1. The molecule has 31 heavy (non-hydrogen) atoms. The zero-order valence-electron chi connectivity index (χ0n) is 17.0. The van der Waals surface area contributed by atoms with Crippen LogP contribution in [0.3, 0.4) is 0 Å². The summed E-state index contributed by atoms with van der Waals surface area (Å²) in [6, 6.07) is 12.0. The number of fused-ring (bicyclic) bond motifs is 1. The molecule has 3 N–H and O–H groups in total. The van der Waals surface area contributed by atoms with Gasteiger partial charge in [-0.2, -0.15) is 0 Å². The van der Waals surface area contributed by atoms with Gasteiger partial charge in [0.1, 0.15) is 11.3 Å². The molecule has 4 aromatic rings. The van der Waals surface area contributed by atoms with Gasteiger partial charge in [-0.05, 0) is 30.3 Å². The molecule has 0 radical (unpaired) electrons. The summed E-state index contributed by atoms with van der Waals surface area (Å²) in [6.45, 7) is 0. The maximum atomic E-state index is 12.8. The van der Waals surface area contributed by atoms with Crippen molar-refractivity contribution in [3.05, 3.63) is 58.6 Å². The summed E-state index contributed by atoms with van der Waals surface area (Å²) in [5.74, 6) is 0.940. The van der Waals surface area contributed by atoms with E-state index in [1.807, 2.05) is 0 Å². The van der Waals surface area contributed by atoms with Crippen molar-refractivity contribution in [2.24, 2.45) is 5.73 Å². The topological polar surface area (TPSA) is 134 Å². The fraction of sp³-hybridized carbons (Fsp3) is 0.143. The molecule has 0 aliphatic rings. The Labute approximate surface area is 176 Å². The third-order valence-electron chi connectivity index (χ3n) is 4.72. The van der Waals surface area contributed by atoms with Crippen molar-refractivity contribution in [1.82, 2.24) is 19.5 Å². The molecule has 1 amide bonds. The Kier molecular flexibility index (Phi) is 5.04. The Morgan fingerprint density at radius 1 is 1.00 bits per heavy atom. The van der Waals surface area contributed by atoms with Crippen molar-refractivity contribution < 1.29 is 19.0 Å². The minimum Gasteiger partial charge on any atom is -0.497 e. The molecule has 0 atom stereocenters. The molecule has 0 aliphatic heterocycles. The smallest absolute Gasteiger partial charge is 0.332 e. The van der Waals surface area contributed by atoms with Gasteiger partial charge in [0.2, 0.25) is 0 Å². The maximum absolute atomic E-state index is 12.8. The van der Waals surface area contributed by atoms with Gasteiger partial charge in [-0.15, -0.1) is 0 Å². The van der Waals surface area contributed by atoms with E-state index in [-0.39, 0.29) is 22.7 Å². The van der Waals surface area contributed by atoms with Gasteiger partial charge in [0.05, 0.1) is 27.0 Å². The molecule has 10 heteroatoms. The zero-order valence-corrected chi connectivity index (χ0v) is 17.0. The average Bonchev–Trinajstić information content (AvgIpc) is 3.13. The molecule has 2 heterocycles. The van der Waals surface area contributed by atoms with Crippen LogP contribution in [-0.2, 0) is 0 Å². The molecule has 0 fully saturated rings. The number of hydrogen-bond donors (Lipinski definition) is 2. The highest BCUT2D eigenvalue weighted by Gasteiger charge is 2.21. The molecule has 0 aliphatic carbocycles. The van der Waals surface area contributed by atoms with E-state index in [0.29, 0.717) is 28.5 Å². The van der Waals surface area contributed by atoms with Crippen LogP contribution < -0.4 is 25.6 Å². The van der Waals surface area contributed by atoms with Gasteiger partial charge in [-0.3, -0.25) is 4.79 Å². The van der Waals surface area contributed by atoms with Crippen molar-refractivity contribution >= 4 is 17.1 Å². The van der Waals surface area contributed by atoms with E-state index >= 15 is 0 Å². The lowest BCUT2D eigenvalue weighted by molar-refractivity contribution is 0.0997. The van der Waals surface area contributed by atoms with Crippen molar-refractivity contribution in [2.45, 2.75) is 0 Å². The van der Waals surface area contributed by atoms with Gasteiger partial charge < -0.3 is 24.9 Å². The minimum atomic E-state index is -0.798. The number of carbonyl (C=O) groups is 1. The number of imidazole rings is 1. The van der Waals surface area contributed by atoms with Crippen molar-refractivity contribution in [3.63, 3.8) is 0 Å². The second-order valence-electron chi connectivity index (χ2n) is 6.50. The first kappa shape index (κ1) is 20.0. The van der Waals surface area contributed by atoms with Gasteiger partial charge in [0.25, 0.3) is 5.91 Å². The van der Waals surface area contributed by atoms with Gasteiger partial charge in [0, 0.05) is 11.6 Å². The van der Waals surface area contributed by atoms with Crippen molar-refractivity contribution in [2.75, 3.05) is 21.3 Å². The second kappa shape index (κ2) is 7.82. The van der Waals surface area contributed by atoms with E-state index in [9.17, 15) is 9.59 Å². The van der Waals surface area contributed by atoms with E-state index in [0.717, 1.165) is 0 Å². The molecule has 0 unspecified atom stereocenters. The number of benzene rings is 2.